The van der Waals surface area contributed by atoms with Crippen molar-refractivity contribution < 1.29 is 9.53 Å². The molecule has 0 aromatic heterocycles. The minimum atomic E-state index is -0.255. The first kappa shape index (κ1) is 8.77. The Labute approximate surface area is 71.3 Å². The van der Waals surface area contributed by atoms with E-state index in [0.29, 0.717) is 19.7 Å². The SMILES string of the molecule is C=CCNC(=O)C1=NCCCO1. The Hall–Kier alpha value is -1.32. The summed E-state index contributed by atoms with van der Waals surface area (Å²) < 4.78 is 5.04. The van der Waals surface area contributed by atoms with Crippen LogP contribution < -0.4 is 5.32 Å². The molecule has 1 rings (SSSR count). The third-order valence-corrected chi connectivity index (χ3v) is 1.40. The topological polar surface area (TPSA) is 50.7 Å². The third-order valence-electron chi connectivity index (χ3n) is 1.40. The maximum Gasteiger partial charge on any atom is 0.306 e. The molecule has 0 spiro atoms. The Kier molecular flexibility index (Phi) is 3.32. The zero-order valence-electron chi connectivity index (χ0n) is 6.88. The van der Waals surface area contributed by atoms with Gasteiger partial charge in [0, 0.05) is 19.5 Å². The molecule has 4 heteroatoms. The quantitative estimate of drug-likeness (QED) is 0.608. The molecule has 1 amide bonds. The molecule has 0 aliphatic carbocycles. The molecule has 0 bridgehead atoms. The molecular weight excluding hydrogens is 156 g/mol. The standard InChI is InChI=1S/C8H12N2O2/c1-2-4-9-7(11)8-10-5-3-6-12-8/h2H,1,3-6H2,(H,9,11). The van der Waals surface area contributed by atoms with Crippen LogP contribution in [0.4, 0.5) is 0 Å². The highest BCUT2D eigenvalue weighted by molar-refractivity contribution is 6.35. The second kappa shape index (κ2) is 4.54. The molecule has 1 heterocycles. The van der Waals surface area contributed by atoms with Crippen molar-refractivity contribution in [1.29, 1.82) is 0 Å². The van der Waals surface area contributed by atoms with Crippen LogP contribution >= 0.6 is 0 Å². The molecule has 1 aliphatic heterocycles. The molecule has 0 fully saturated rings. The van der Waals surface area contributed by atoms with Crippen LogP contribution in [0.15, 0.2) is 17.6 Å². The summed E-state index contributed by atoms with van der Waals surface area (Å²) in [5, 5.41) is 2.59. The fraction of sp³-hybridized carbons (Fsp3) is 0.500. The van der Waals surface area contributed by atoms with E-state index in [1.807, 2.05) is 0 Å². The fourth-order valence-electron chi connectivity index (χ4n) is 0.837. The summed E-state index contributed by atoms with van der Waals surface area (Å²) in [6, 6.07) is 0. The number of ether oxygens (including phenoxy) is 1. The van der Waals surface area contributed by atoms with Gasteiger partial charge < -0.3 is 10.1 Å². The van der Waals surface area contributed by atoms with E-state index in [2.05, 4.69) is 16.9 Å². The molecule has 0 saturated heterocycles. The highest BCUT2D eigenvalue weighted by Gasteiger charge is 2.14. The molecule has 0 saturated carbocycles. The van der Waals surface area contributed by atoms with Gasteiger partial charge in [-0.15, -0.1) is 6.58 Å². The van der Waals surface area contributed by atoms with Crippen LogP contribution in [0.2, 0.25) is 0 Å². The van der Waals surface area contributed by atoms with Gasteiger partial charge in [-0.05, 0) is 0 Å². The van der Waals surface area contributed by atoms with Crippen molar-refractivity contribution >= 4 is 11.8 Å². The molecule has 66 valence electrons. The molecule has 1 aliphatic rings. The Morgan fingerprint density at radius 1 is 1.83 bits per heavy atom. The number of aliphatic imine (C=N–C) groups is 1. The summed E-state index contributed by atoms with van der Waals surface area (Å²) >= 11 is 0. The molecule has 0 radical (unpaired) electrons. The van der Waals surface area contributed by atoms with Crippen molar-refractivity contribution in [3.05, 3.63) is 12.7 Å². The second-order valence-corrected chi connectivity index (χ2v) is 2.39. The Balaban J connectivity index is 2.39. The van der Waals surface area contributed by atoms with Crippen molar-refractivity contribution in [3.63, 3.8) is 0 Å². The van der Waals surface area contributed by atoms with Gasteiger partial charge in [-0.25, -0.2) is 4.99 Å². The Morgan fingerprint density at radius 3 is 3.25 bits per heavy atom. The molecule has 0 unspecified atom stereocenters. The van der Waals surface area contributed by atoms with E-state index in [1.165, 1.54) is 0 Å². The lowest BCUT2D eigenvalue weighted by molar-refractivity contribution is -0.116. The van der Waals surface area contributed by atoms with Crippen LogP contribution in [0.5, 0.6) is 0 Å². The van der Waals surface area contributed by atoms with Gasteiger partial charge in [0.15, 0.2) is 0 Å². The van der Waals surface area contributed by atoms with E-state index in [0.717, 1.165) is 6.42 Å². The number of hydrogen-bond acceptors (Lipinski definition) is 3. The Bertz CT molecular complexity index is 211. The van der Waals surface area contributed by atoms with Gasteiger partial charge in [0.1, 0.15) is 0 Å². The van der Waals surface area contributed by atoms with Crippen molar-refractivity contribution in [2.45, 2.75) is 6.42 Å². The number of carbonyl (C=O) groups is 1. The first-order valence-electron chi connectivity index (χ1n) is 3.91. The normalized spacial score (nSPS) is 15.8. The summed E-state index contributed by atoms with van der Waals surface area (Å²) in [7, 11) is 0. The fourth-order valence-corrected chi connectivity index (χ4v) is 0.837. The largest absolute Gasteiger partial charge is 0.474 e. The highest BCUT2D eigenvalue weighted by atomic mass is 16.5. The number of carbonyl (C=O) groups excluding carboxylic acids is 1. The number of hydrogen-bond donors (Lipinski definition) is 1. The Morgan fingerprint density at radius 2 is 2.67 bits per heavy atom. The lowest BCUT2D eigenvalue weighted by Crippen LogP contribution is -2.34. The van der Waals surface area contributed by atoms with Crippen molar-refractivity contribution in [2.24, 2.45) is 4.99 Å². The lowest BCUT2D eigenvalue weighted by atomic mass is 10.4. The number of amides is 1. The van der Waals surface area contributed by atoms with E-state index in [1.54, 1.807) is 6.08 Å². The minimum absolute atomic E-state index is 0.197. The van der Waals surface area contributed by atoms with E-state index in [9.17, 15) is 4.79 Å². The average Bonchev–Trinajstić information content (AvgIpc) is 2.15. The van der Waals surface area contributed by atoms with Crippen LogP contribution in [0.1, 0.15) is 6.42 Å². The van der Waals surface area contributed by atoms with Gasteiger partial charge in [-0.1, -0.05) is 6.08 Å². The summed E-state index contributed by atoms with van der Waals surface area (Å²) in [4.78, 5) is 15.1. The van der Waals surface area contributed by atoms with Gasteiger partial charge in [-0.3, -0.25) is 4.79 Å². The summed E-state index contributed by atoms with van der Waals surface area (Å²) in [6.45, 7) is 5.19. The summed E-state index contributed by atoms with van der Waals surface area (Å²) in [5.41, 5.74) is 0. The third kappa shape index (κ3) is 2.38. The average molecular weight is 168 g/mol. The predicted molar refractivity (Wildman–Crippen MR) is 46.1 cm³/mol. The van der Waals surface area contributed by atoms with Crippen LogP contribution in [-0.4, -0.2) is 31.5 Å². The first-order chi connectivity index (χ1) is 5.84. The van der Waals surface area contributed by atoms with Crippen LogP contribution in [0.3, 0.4) is 0 Å². The monoisotopic (exact) mass is 168 g/mol. The first-order valence-corrected chi connectivity index (χ1v) is 3.91. The molecule has 4 nitrogen and oxygen atoms in total. The maximum absolute atomic E-state index is 11.1. The van der Waals surface area contributed by atoms with Crippen LogP contribution in [0.25, 0.3) is 0 Å². The van der Waals surface area contributed by atoms with Crippen molar-refractivity contribution in [2.75, 3.05) is 19.7 Å². The van der Waals surface area contributed by atoms with Gasteiger partial charge in [0.05, 0.1) is 6.61 Å². The molecule has 1 N–H and O–H groups in total. The molecule has 0 aromatic carbocycles. The zero-order chi connectivity index (χ0) is 8.81. The number of nitrogens with zero attached hydrogens (tertiary/aromatic N) is 1. The zero-order valence-corrected chi connectivity index (χ0v) is 6.88. The second-order valence-electron chi connectivity index (χ2n) is 2.39. The van der Waals surface area contributed by atoms with E-state index < -0.39 is 0 Å². The van der Waals surface area contributed by atoms with Crippen LogP contribution in [0, 0.1) is 0 Å². The maximum atomic E-state index is 11.1. The van der Waals surface area contributed by atoms with Gasteiger partial charge in [-0.2, -0.15) is 0 Å². The van der Waals surface area contributed by atoms with Crippen molar-refractivity contribution in [1.82, 2.24) is 5.32 Å². The predicted octanol–water partition coefficient (Wildman–Crippen LogP) is 0.107. The van der Waals surface area contributed by atoms with E-state index in [4.69, 9.17) is 4.74 Å². The lowest BCUT2D eigenvalue weighted by Gasteiger charge is -2.12. The number of nitrogens with one attached hydrogen (secondary N) is 1. The van der Waals surface area contributed by atoms with Gasteiger partial charge in [0.25, 0.3) is 5.90 Å². The van der Waals surface area contributed by atoms with Crippen molar-refractivity contribution in [3.8, 4) is 0 Å². The molecular formula is C8H12N2O2. The highest BCUT2D eigenvalue weighted by Crippen LogP contribution is 1.96. The summed E-state index contributed by atoms with van der Waals surface area (Å²) in [5.74, 6) is -0.0577. The molecule has 0 atom stereocenters. The summed E-state index contributed by atoms with van der Waals surface area (Å²) in [6.07, 6.45) is 2.50. The van der Waals surface area contributed by atoms with Crippen LogP contribution in [-0.2, 0) is 9.53 Å². The van der Waals surface area contributed by atoms with Gasteiger partial charge >= 0.3 is 5.91 Å². The molecule has 12 heavy (non-hydrogen) atoms. The minimum Gasteiger partial charge on any atom is -0.474 e. The molecule has 0 aromatic rings. The number of rotatable bonds is 3. The smallest absolute Gasteiger partial charge is 0.306 e. The van der Waals surface area contributed by atoms with E-state index in [-0.39, 0.29) is 11.8 Å². The van der Waals surface area contributed by atoms with E-state index >= 15 is 0 Å². The van der Waals surface area contributed by atoms with Gasteiger partial charge in [0.2, 0.25) is 0 Å².